The van der Waals surface area contributed by atoms with E-state index in [-0.39, 0.29) is 27.6 Å². The number of carbonyl (C=O) groups is 2. The molecule has 0 bridgehead atoms. The first kappa shape index (κ1) is 23.8. The fourth-order valence-corrected chi connectivity index (χ4v) is 3.18. The summed E-state index contributed by atoms with van der Waals surface area (Å²) in [6.07, 6.45) is 1.43. The van der Waals surface area contributed by atoms with E-state index >= 15 is 0 Å². The highest BCUT2D eigenvalue weighted by atomic mass is 127. The lowest BCUT2D eigenvalue weighted by molar-refractivity contribution is -0.129. The molecule has 0 heterocycles. The van der Waals surface area contributed by atoms with Crippen LogP contribution < -0.4 is 10.6 Å². The standard InChI is InChI=1S/C18H35IN2O3/c1-8-18(24,10-11(2)3)21-16(13(6)7)17(23)20-14(12(4)5)9-15(19)22/h11-14,16,21,24H,8-10H2,1-7H3,(H,20,23)/t14?,16-,18-/m1/s1. The van der Waals surface area contributed by atoms with Crippen LogP contribution in [0.3, 0.4) is 0 Å². The first-order valence-electron chi connectivity index (χ1n) is 8.90. The second kappa shape index (κ2) is 10.7. The van der Waals surface area contributed by atoms with Crippen molar-refractivity contribution in [2.75, 3.05) is 0 Å². The van der Waals surface area contributed by atoms with Crippen molar-refractivity contribution in [3.8, 4) is 0 Å². The van der Waals surface area contributed by atoms with E-state index < -0.39 is 11.8 Å². The van der Waals surface area contributed by atoms with Gasteiger partial charge in [0, 0.05) is 12.5 Å². The predicted molar refractivity (Wildman–Crippen MR) is 107 cm³/mol. The van der Waals surface area contributed by atoms with Gasteiger partial charge in [-0.15, -0.1) is 0 Å². The lowest BCUT2D eigenvalue weighted by Gasteiger charge is -2.36. The van der Waals surface area contributed by atoms with Crippen molar-refractivity contribution in [2.24, 2.45) is 17.8 Å². The molecule has 142 valence electrons. The Kier molecular flexibility index (Phi) is 10.6. The van der Waals surface area contributed by atoms with Crippen molar-refractivity contribution in [3.63, 3.8) is 0 Å². The van der Waals surface area contributed by atoms with Crippen LogP contribution in [0.15, 0.2) is 0 Å². The van der Waals surface area contributed by atoms with E-state index in [4.69, 9.17) is 0 Å². The van der Waals surface area contributed by atoms with Crippen molar-refractivity contribution >= 4 is 32.3 Å². The number of hydrogen-bond acceptors (Lipinski definition) is 4. The monoisotopic (exact) mass is 454 g/mol. The van der Waals surface area contributed by atoms with Crippen molar-refractivity contribution < 1.29 is 14.7 Å². The van der Waals surface area contributed by atoms with Gasteiger partial charge in [0.25, 0.3) is 0 Å². The largest absolute Gasteiger partial charge is 0.376 e. The highest BCUT2D eigenvalue weighted by molar-refractivity contribution is 14.1. The van der Waals surface area contributed by atoms with E-state index in [1.165, 1.54) is 0 Å². The van der Waals surface area contributed by atoms with Gasteiger partial charge in [0.15, 0.2) is 3.79 Å². The topological polar surface area (TPSA) is 78.4 Å². The van der Waals surface area contributed by atoms with E-state index in [1.54, 1.807) is 22.6 Å². The summed E-state index contributed by atoms with van der Waals surface area (Å²) in [6, 6.07) is -0.691. The minimum Gasteiger partial charge on any atom is -0.376 e. The van der Waals surface area contributed by atoms with Crippen LogP contribution >= 0.6 is 22.6 Å². The summed E-state index contributed by atoms with van der Waals surface area (Å²) >= 11 is 1.76. The molecule has 24 heavy (non-hydrogen) atoms. The van der Waals surface area contributed by atoms with Crippen LogP contribution in [-0.2, 0) is 9.59 Å². The molecule has 0 aromatic carbocycles. The fraction of sp³-hybridized carbons (Fsp3) is 0.889. The van der Waals surface area contributed by atoms with Crippen LogP contribution in [0, 0.1) is 17.8 Å². The lowest BCUT2D eigenvalue weighted by Crippen LogP contribution is -2.59. The van der Waals surface area contributed by atoms with Crippen LogP contribution in [0.4, 0.5) is 0 Å². The maximum Gasteiger partial charge on any atom is 0.237 e. The van der Waals surface area contributed by atoms with Crippen LogP contribution in [0.2, 0.25) is 0 Å². The Morgan fingerprint density at radius 3 is 1.96 bits per heavy atom. The third kappa shape index (κ3) is 8.76. The second-order valence-corrected chi connectivity index (χ2v) is 8.97. The Labute approximate surface area is 160 Å². The summed E-state index contributed by atoms with van der Waals surface area (Å²) in [5.41, 5.74) is -1.06. The highest BCUT2D eigenvalue weighted by Gasteiger charge is 2.34. The minimum absolute atomic E-state index is 0.0263. The Hall–Kier alpha value is -0.210. The molecular formula is C18H35IN2O3. The van der Waals surface area contributed by atoms with Gasteiger partial charge in [-0.1, -0.05) is 48.5 Å². The molecule has 3 atom stereocenters. The summed E-state index contributed by atoms with van der Waals surface area (Å²) in [5.74, 6) is 0.356. The zero-order valence-electron chi connectivity index (χ0n) is 16.1. The minimum atomic E-state index is -1.06. The number of rotatable bonds is 11. The third-order valence-corrected chi connectivity index (χ3v) is 4.66. The molecule has 0 saturated carbocycles. The molecule has 0 aliphatic carbocycles. The maximum atomic E-state index is 12.8. The molecule has 1 unspecified atom stereocenters. The molecule has 0 radical (unpaired) electrons. The highest BCUT2D eigenvalue weighted by Crippen LogP contribution is 2.20. The zero-order chi connectivity index (χ0) is 19.1. The molecule has 0 spiro atoms. The summed E-state index contributed by atoms with van der Waals surface area (Å²) in [6.45, 7) is 13.9. The molecular weight excluding hydrogens is 419 g/mol. The smallest absolute Gasteiger partial charge is 0.237 e. The summed E-state index contributed by atoms with van der Waals surface area (Å²) in [5, 5.41) is 17.0. The second-order valence-electron chi connectivity index (χ2n) is 7.77. The average molecular weight is 454 g/mol. The van der Waals surface area contributed by atoms with Gasteiger partial charge in [-0.3, -0.25) is 14.9 Å². The van der Waals surface area contributed by atoms with Gasteiger partial charge in [-0.25, -0.2) is 0 Å². The van der Waals surface area contributed by atoms with Gasteiger partial charge >= 0.3 is 0 Å². The number of halogens is 1. The van der Waals surface area contributed by atoms with E-state index in [0.717, 1.165) is 0 Å². The third-order valence-electron chi connectivity index (χ3n) is 4.22. The zero-order valence-corrected chi connectivity index (χ0v) is 18.3. The molecule has 0 rings (SSSR count). The molecule has 0 aliphatic heterocycles. The summed E-state index contributed by atoms with van der Waals surface area (Å²) in [4.78, 5) is 24.2. The Balaban J connectivity index is 5.15. The lowest BCUT2D eigenvalue weighted by atomic mass is 9.93. The van der Waals surface area contributed by atoms with Crippen molar-refractivity contribution in [3.05, 3.63) is 0 Å². The number of nitrogens with one attached hydrogen (secondary N) is 2. The average Bonchev–Trinajstić information content (AvgIpc) is 2.42. The molecule has 0 saturated heterocycles. The molecule has 6 heteroatoms. The van der Waals surface area contributed by atoms with Gasteiger partial charge < -0.3 is 10.4 Å². The number of carbonyl (C=O) groups excluding carboxylic acids is 2. The van der Waals surface area contributed by atoms with Crippen molar-refractivity contribution in [1.82, 2.24) is 10.6 Å². The quantitative estimate of drug-likeness (QED) is 0.255. The first-order valence-corrected chi connectivity index (χ1v) is 9.98. The van der Waals surface area contributed by atoms with E-state index in [1.807, 2.05) is 48.5 Å². The summed E-state index contributed by atoms with van der Waals surface area (Å²) < 4.78 is 0.0329. The Morgan fingerprint density at radius 1 is 1.08 bits per heavy atom. The van der Waals surface area contributed by atoms with Crippen LogP contribution in [0.5, 0.6) is 0 Å². The van der Waals surface area contributed by atoms with E-state index in [9.17, 15) is 14.7 Å². The Bertz CT molecular complexity index is 413. The van der Waals surface area contributed by atoms with Gasteiger partial charge in [0.2, 0.25) is 5.91 Å². The molecule has 1 amide bonds. The maximum absolute atomic E-state index is 12.8. The molecule has 0 aliphatic rings. The first-order chi connectivity index (χ1) is 10.9. The molecule has 5 nitrogen and oxygen atoms in total. The Morgan fingerprint density at radius 2 is 1.62 bits per heavy atom. The summed E-state index contributed by atoms with van der Waals surface area (Å²) in [7, 11) is 0. The number of aliphatic hydroxyl groups is 1. The number of amides is 1. The van der Waals surface area contributed by atoms with Crippen molar-refractivity contribution in [1.29, 1.82) is 0 Å². The SMILES string of the molecule is CC[C@@](O)(CC(C)C)N[C@@H](C(=O)NC(CC(=O)I)C(C)C)C(C)C. The van der Waals surface area contributed by atoms with E-state index in [0.29, 0.717) is 25.2 Å². The normalized spacial score (nSPS) is 17.0. The van der Waals surface area contributed by atoms with Gasteiger partial charge in [0.1, 0.15) is 5.72 Å². The molecule has 0 aromatic rings. The van der Waals surface area contributed by atoms with Gasteiger partial charge in [0.05, 0.1) is 6.04 Å². The van der Waals surface area contributed by atoms with Crippen LogP contribution in [-0.4, -0.2) is 32.6 Å². The fourth-order valence-electron chi connectivity index (χ4n) is 2.70. The number of hydrogen-bond donors (Lipinski definition) is 3. The van der Waals surface area contributed by atoms with Crippen LogP contribution in [0.1, 0.15) is 67.7 Å². The van der Waals surface area contributed by atoms with E-state index in [2.05, 4.69) is 10.6 Å². The van der Waals surface area contributed by atoms with Gasteiger partial charge in [-0.05, 0) is 53.2 Å². The molecule has 0 aromatic heterocycles. The predicted octanol–water partition coefficient (Wildman–Crippen LogP) is 3.24. The molecule has 0 fully saturated rings. The molecule has 3 N–H and O–H groups in total. The van der Waals surface area contributed by atoms with Gasteiger partial charge in [-0.2, -0.15) is 0 Å². The van der Waals surface area contributed by atoms with Crippen LogP contribution in [0.25, 0.3) is 0 Å². The van der Waals surface area contributed by atoms with Crippen molar-refractivity contribution in [2.45, 2.75) is 85.5 Å².